The minimum Gasteiger partial charge on any atom is -0.496 e. The highest BCUT2D eigenvalue weighted by Gasteiger charge is 2.24. The molecule has 0 bridgehead atoms. The zero-order valence-corrected chi connectivity index (χ0v) is 12.3. The molecule has 0 aliphatic heterocycles. The van der Waals surface area contributed by atoms with Crippen molar-refractivity contribution in [2.75, 3.05) is 14.2 Å². The predicted octanol–water partition coefficient (Wildman–Crippen LogP) is 3.13. The van der Waals surface area contributed by atoms with Crippen molar-refractivity contribution in [2.45, 2.75) is 45.8 Å². The van der Waals surface area contributed by atoms with Crippen molar-refractivity contribution in [2.24, 2.45) is 5.73 Å². The second-order valence-corrected chi connectivity index (χ2v) is 5.47. The number of ether oxygens (including phenoxy) is 2. The number of hydrogen-bond donors (Lipinski definition) is 1. The summed E-state index contributed by atoms with van der Waals surface area (Å²) in [5.74, 6) is 0.868. The van der Waals surface area contributed by atoms with Gasteiger partial charge in [-0.3, -0.25) is 0 Å². The minimum atomic E-state index is -0.234. The standard InChI is InChI=1S/C15H25NO2/c1-10-7-11(2)14(13(8-10)17-5)12(16)9-15(3,4)18-6/h7-8,12H,9,16H2,1-6H3. The van der Waals surface area contributed by atoms with Crippen LogP contribution in [0.3, 0.4) is 0 Å². The van der Waals surface area contributed by atoms with Crippen molar-refractivity contribution in [3.8, 4) is 5.75 Å². The van der Waals surface area contributed by atoms with Crippen LogP contribution in [0.4, 0.5) is 0 Å². The molecule has 102 valence electrons. The molecule has 0 amide bonds. The van der Waals surface area contributed by atoms with Gasteiger partial charge in [-0.05, 0) is 51.3 Å². The van der Waals surface area contributed by atoms with Crippen molar-refractivity contribution in [1.29, 1.82) is 0 Å². The number of nitrogens with two attached hydrogens (primary N) is 1. The van der Waals surface area contributed by atoms with Crippen molar-refractivity contribution in [3.05, 3.63) is 28.8 Å². The van der Waals surface area contributed by atoms with Crippen molar-refractivity contribution >= 4 is 0 Å². The molecule has 3 nitrogen and oxygen atoms in total. The first-order chi connectivity index (χ1) is 8.30. The van der Waals surface area contributed by atoms with Gasteiger partial charge in [-0.15, -0.1) is 0 Å². The fraction of sp³-hybridized carbons (Fsp3) is 0.600. The highest BCUT2D eigenvalue weighted by Crippen LogP contribution is 2.33. The van der Waals surface area contributed by atoms with Crippen LogP contribution in [0.1, 0.15) is 43.0 Å². The molecular weight excluding hydrogens is 226 g/mol. The summed E-state index contributed by atoms with van der Waals surface area (Å²) in [6, 6.07) is 4.08. The monoisotopic (exact) mass is 251 g/mol. The summed E-state index contributed by atoms with van der Waals surface area (Å²) < 4.78 is 10.9. The molecule has 18 heavy (non-hydrogen) atoms. The SMILES string of the molecule is COc1cc(C)cc(C)c1C(N)CC(C)(C)OC. The molecule has 0 aliphatic carbocycles. The zero-order chi connectivity index (χ0) is 13.9. The summed E-state index contributed by atoms with van der Waals surface area (Å²) in [4.78, 5) is 0. The highest BCUT2D eigenvalue weighted by molar-refractivity contribution is 5.45. The number of aryl methyl sites for hydroxylation is 2. The van der Waals surface area contributed by atoms with Crippen LogP contribution in [0.5, 0.6) is 5.75 Å². The van der Waals surface area contributed by atoms with Crippen LogP contribution in [0.15, 0.2) is 12.1 Å². The van der Waals surface area contributed by atoms with Crippen LogP contribution in [-0.4, -0.2) is 19.8 Å². The maximum atomic E-state index is 6.32. The normalized spacial score (nSPS) is 13.5. The molecule has 0 saturated heterocycles. The fourth-order valence-electron chi connectivity index (χ4n) is 2.30. The lowest BCUT2D eigenvalue weighted by Crippen LogP contribution is -2.29. The molecule has 1 aromatic rings. The van der Waals surface area contributed by atoms with Crippen molar-refractivity contribution < 1.29 is 9.47 Å². The van der Waals surface area contributed by atoms with E-state index in [4.69, 9.17) is 15.2 Å². The Morgan fingerprint density at radius 2 is 1.83 bits per heavy atom. The van der Waals surface area contributed by atoms with Gasteiger partial charge in [0.05, 0.1) is 12.7 Å². The maximum Gasteiger partial charge on any atom is 0.124 e. The summed E-state index contributed by atoms with van der Waals surface area (Å²) in [6.07, 6.45) is 0.754. The Morgan fingerprint density at radius 3 is 2.33 bits per heavy atom. The van der Waals surface area contributed by atoms with E-state index in [0.29, 0.717) is 0 Å². The first-order valence-corrected chi connectivity index (χ1v) is 6.26. The van der Waals surface area contributed by atoms with E-state index in [1.807, 2.05) is 19.9 Å². The molecule has 0 spiro atoms. The second-order valence-electron chi connectivity index (χ2n) is 5.47. The van der Waals surface area contributed by atoms with E-state index < -0.39 is 0 Å². The van der Waals surface area contributed by atoms with E-state index in [-0.39, 0.29) is 11.6 Å². The Hall–Kier alpha value is -1.06. The van der Waals surface area contributed by atoms with Gasteiger partial charge in [0.1, 0.15) is 5.75 Å². The van der Waals surface area contributed by atoms with Crippen molar-refractivity contribution in [3.63, 3.8) is 0 Å². The van der Waals surface area contributed by atoms with Crippen LogP contribution in [0, 0.1) is 13.8 Å². The molecule has 3 heteroatoms. The average molecular weight is 251 g/mol. The highest BCUT2D eigenvalue weighted by atomic mass is 16.5. The smallest absolute Gasteiger partial charge is 0.124 e. The van der Waals surface area contributed by atoms with Crippen molar-refractivity contribution in [1.82, 2.24) is 0 Å². The van der Waals surface area contributed by atoms with E-state index >= 15 is 0 Å². The quantitative estimate of drug-likeness (QED) is 0.874. The van der Waals surface area contributed by atoms with E-state index in [2.05, 4.69) is 19.9 Å². The summed E-state index contributed by atoms with van der Waals surface area (Å²) in [5, 5.41) is 0. The Morgan fingerprint density at radius 1 is 1.22 bits per heavy atom. The minimum absolute atomic E-state index is 0.0875. The van der Waals surface area contributed by atoms with Crippen LogP contribution in [0.25, 0.3) is 0 Å². The molecule has 0 aliphatic rings. The predicted molar refractivity (Wildman–Crippen MR) is 75.1 cm³/mol. The number of hydrogen-bond acceptors (Lipinski definition) is 3. The molecule has 1 aromatic carbocycles. The van der Waals surface area contributed by atoms with Gasteiger partial charge < -0.3 is 15.2 Å². The van der Waals surface area contributed by atoms with E-state index in [0.717, 1.165) is 17.7 Å². The van der Waals surface area contributed by atoms with Gasteiger partial charge in [0.25, 0.3) is 0 Å². The van der Waals surface area contributed by atoms with Gasteiger partial charge in [-0.1, -0.05) is 6.07 Å². The number of methoxy groups -OCH3 is 2. The Balaban J connectivity index is 3.08. The number of rotatable bonds is 5. The number of benzene rings is 1. The lowest BCUT2D eigenvalue weighted by Gasteiger charge is -2.28. The van der Waals surface area contributed by atoms with Gasteiger partial charge in [0, 0.05) is 18.7 Å². The third-order valence-corrected chi connectivity index (χ3v) is 3.35. The molecular formula is C15H25NO2. The lowest BCUT2D eigenvalue weighted by molar-refractivity contribution is 0.00978. The summed E-state index contributed by atoms with van der Waals surface area (Å²) in [5.41, 5.74) is 9.53. The Labute approximate surface area is 110 Å². The topological polar surface area (TPSA) is 44.5 Å². The second kappa shape index (κ2) is 5.72. The van der Waals surface area contributed by atoms with Gasteiger partial charge >= 0.3 is 0 Å². The first kappa shape index (κ1) is 15.0. The average Bonchev–Trinajstić information content (AvgIpc) is 2.26. The molecule has 1 unspecified atom stereocenters. The lowest BCUT2D eigenvalue weighted by atomic mass is 9.90. The van der Waals surface area contributed by atoms with Crippen LogP contribution in [0.2, 0.25) is 0 Å². The molecule has 0 radical (unpaired) electrons. The Kier molecular flexibility index (Phi) is 4.77. The summed E-state index contributed by atoms with van der Waals surface area (Å²) >= 11 is 0. The molecule has 0 fully saturated rings. The van der Waals surface area contributed by atoms with Crippen LogP contribution in [-0.2, 0) is 4.74 Å². The third-order valence-electron chi connectivity index (χ3n) is 3.35. The van der Waals surface area contributed by atoms with E-state index in [9.17, 15) is 0 Å². The Bertz CT molecular complexity index is 413. The molecule has 1 rings (SSSR count). The van der Waals surface area contributed by atoms with Crippen LogP contribution >= 0.6 is 0 Å². The molecule has 0 aromatic heterocycles. The van der Waals surface area contributed by atoms with E-state index in [1.165, 1.54) is 11.1 Å². The molecule has 0 heterocycles. The largest absolute Gasteiger partial charge is 0.496 e. The first-order valence-electron chi connectivity index (χ1n) is 6.26. The van der Waals surface area contributed by atoms with E-state index in [1.54, 1.807) is 14.2 Å². The third kappa shape index (κ3) is 3.47. The van der Waals surface area contributed by atoms with Gasteiger partial charge in [-0.25, -0.2) is 0 Å². The molecule has 0 saturated carbocycles. The zero-order valence-electron chi connectivity index (χ0n) is 12.3. The van der Waals surface area contributed by atoms with Gasteiger partial charge in [-0.2, -0.15) is 0 Å². The molecule has 1 atom stereocenters. The van der Waals surface area contributed by atoms with Gasteiger partial charge in [0.2, 0.25) is 0 Å². The maximum absolute atomic E-state index is 6.32. The fourth-order valence-corrected chi connectivity index (χ4v) is 2.30. The van der Waals surface area contributed by atoms with Crippen LogP contribution < -0.4 is 10.5 Å². The summed E-state index contributed by atoms with van der Waals surface area (Å²) in [6.45, 7) is 8.22. The van der Waals surface area contributed by atoms with Gasteiger partial charge in [0.15, 0.2) is 0 Å². The molecule has 2 N–H and O–H groups in total. The summed E-state index contributed by atoms with van der Waals surface area (Å²) in [7, 11) is 3.40.